The molecule has 1 heterocycles. The zero-order valence-corrected chi connectivity index (χ0v) is 11.3. The quantitative estimate of drug-likeness (QED) is 0.920. The predicted molar refractivity (Wildman–Crippen MR) is 75.4 cm³/mol. The molecular formula is C13H12Cl2N2O. The Balaban J connectivity index is 2.37. The Bertz CT molecular complexity index is 650. The molecule has 0 radical (unpaired) electrons. The minimum atomic E-state index is -0.0900. The molecule has 0 aliphatic carbocycles. The van der Waals surface area contributed by atoms with Crippen LogP contribution >= 0.6 is 23.2 Å². The van der Waals surface area contributed by atoms with E-state index in [1.165, 1.54) is 6.07 Å². The molecule has 0 bridgehead atoms. The molecule has 18 heavy (non-hydrogen) atoms. The fraction of sp³-hybridized carbons (Fsp3) is 0.154. The van der Waals surface area contributed by atoms with E-state index in [-0.39, 0.29) is 5.56 Å². The van der Waals surface area contributed by atoms with Gasteiger partial charge in [-0.05, 0) is 30.2 Å². The van der Waals surface area contributed by atoms with E-state index in [2.05, 4.69) is 0 Å². The van der Waals surface area contributed by atoms with Gasteiger partial charge in [-0.25, -0.2) is 0 Å². The van der Waals surface area contributed by atoms with E-state index in [0.29, 0.717) is 22.3 Å². The van der Waals surface area contributed by atoms with Crippen LogP contribution in [0.25, 0.3) is 0 Å². The van der Waals surface area contributed by atoms with Gasteiger partial charge in [0.05, 0.1) is 22.3 Å². The number of anilines is 1. The highest BCUT2D eigenvalue weighted by Crippen LogP contribution is 2.22. The molecule has 0 aliphatic rings. The Morgan fingerprint density at radius 3 is 2.61 bits per heavy atom. The topological polar surface area (TPSA) is 48.0 Å². The largest absolute Gasteiger partial charge is 0.397 e. The lowest BCUT2D eigenvalue weighted by atomic mass is 10.2. The number of halogens is 2. The van der Waals surface area contributed by atoms with Crippen LogP contribution in [0.5, 0.6) is 0 Å². The minimum Gasteiger partial charge on any atom is -0.397 e. The van der Waals surface area contributed by atoms with Crippen LogP contribution in [-0.4, -0.2) is 4.57 Å². The Labute approximate surface area is 115 Å². The smallest absolute Gasteiger partial charge is 0.251 e. The van der Waals surface area contributed by atoms with Crippen molar-refractivity contribution in [2.75, 3.05) is 5.73 Å². The van der Waals surface area contributed by atoms with Gasteiger partial charge in [-0.2, -0.15) is 0 Å². The van der Waals surface area contributed by atoms with Gasteiger partial charge >= 0.3 is 0 Å². The standard InChI is InChI=1S/C13H12Cl2N2O/c1-8-4-13(18)17(7-12(8)16)6-9-2-3-10(14)11(15)5-9/h2-5,7H,6,16H2,1H3. The predicted octanol–water partition coefficient (Wildman–Crippen LogP) is 3.09. The van der Waals surface area contributed by atoms with Crippen molar-refractivity contribution < 1.29 is 0 Å². The average Bonchev–Trinajstić information content (AvgIpc) is 2.31. The molecule has 1 aromatic heterocycles. The van der Waals surface area contributed by atoms with Crippen molar-refractivity contribution in [3.8, 4) is 0 Å². The number of hydrogen-bond donors (Lipinski definition) is 1. The summed E-state index contributed by atoms with van der Waals surface area (Å²) in [6, 6.07) is 6.80. The lowest BCUT2D eigenvalue weighted by Gasteiger charge is -2.09. The van der Waals surface area contributed by atoms with Crippen molar-refractivity contribution in [1.29, 1.82) is 0 Å². The van der Waals surface area contributed by atoms with Gasteiger partial charge in [0.1, 0.15) is 0 Å². The second kappa shape index (κ2) is 5.04. The minimum absolute atomic E-state index is 0.0900. The van der Waals surface area contributed by atoms with Crippen LogP contribution in [0, 0.1) is 6.92 Å². The molecule has 0 saturated heterocycles. The van der Waals surface area contributed by atoms with Crippen molar-refractivity contribution in [1.82, 2.24) is 4.57 Å². The van der Waals surface area contributed by atoms with Crippen LogP contribution in [0.2, 0.25) is 10.0 Å². The lowest BCUT2D eigenvalue weighted by Crippen LogP contribution is -2.20. The molecule has 0 fully saturated rings. The van der Waals surface area contributed by atoms with Crippen molar-refractivity contribution in [3.05, 3.63) is 62.0 Å². The molecular weight excluding hydrogens is 271 g/mol. The number of aromatic nitrogens is 1. The van der Waals surface area contributed by atoms with Crippen molar-refractivity contribution >= 4 is 28.9 Å². The second-order valence-corrected chi connectivity index (χ2v) is 4.94. The summed E-state index contributed by atoms with van der Waals surface area (Å²) in [6.45, 7) is 2.22. The summed E-state index contributed by atoms with van der Waals surface area (Å²) < 4.78 is 1.54. The number of pyridine rings is 1. The molecule has 3 nitrogen and oxygen atoms in total. The molecule has 5 heteroatoms. The average molecular weight is 283 g/mol. The number of nitrogens with zero attached hydrogens (tertiary/aromatic N) is 1. The SMILES string of the molecule is Cc1cc(=O)n(Cc2ccc(Cl)c(Cl)c2)cc1N. The van der Waals surface area contributed by atoms with E-state index in [4.69, 9.17) is 28.9 Å². The molecule has 1 aromatic carbocycles. The van der Waals surface area contributed by atoms with Crippen molar-refractivity contribution in [2.24, 2.45) is 0 Å². The van der Waals surface area contributed by atoms with Gasteiger partial charge in [0.2, 0.25) is 0 Å². The summed E-state index contributed by atoms with van der Waals surface area (Å²) in [5.41, 5.74) is 7.97. The Hall–Kier alpha value is -1.45. The first-order valence-electron chi connectivity index (χ1n) is 5.38. The van der Waals surface area contributed by atoms with Gasteiger partial charge in [0.15, 0.2) is 0 Å². The Morgan fingerprint density at radius 1 is 1.22 bits per heavy atom. The van der Waals surface area contributed by atoms with Gasteiger partial charge < -0.3 is 10.3 Å². The molecule has 0 amide bonds. The molecule has 0 saturated carbocycles. The highest BCUT2D eigenvalue weighted by atomic mass is 35.5. The molecule has 2 rings (SSSR count). The molecule has 94 valence electrons. The lowest BCUT2D eigenvalue weighted by molar-refractivity contribution is 0.759. The Morgan fingerprint density at radius 2 is 1.94 bits per heavy atom. The van der Waals surface area contributed by atoms with Crippen LogP contribution in [0.1, 0.15) is 11.1 Å². The van der Waals surface area contributed by atoms with Crippen LogP contribution in [0.15, 0.2) is 35.3 Å². The van der Waals surface area contributed by atoms with E-state index in [0.717, 1.165) is 11.1 Å². The summed E-state index contributed by atoms with van der Waals surface area (Å²) in [7, 11) is 0. The highest BCUT2D eigenvalue weighted by Gasteiger charge is 2.04. The maximum Gasteiger partial charge on any atom is 0.251 e. The third-order valence-corrected chi connectivity index (χ3v) is 3.45. The maximum absolute atomic E-state index is 11.8. The summed E-state index contributed by atoms with van der Waals surface area (Å²) in [4.78, 5) is 11.8. The monoisotopic (exact) mass is 282 g/mol. The van der Waals surface area contributed by atoms with Crippen LogP contribution < -0.4 is 11.3 Å². The first kappa shape index (κ1) is 13.0. The van der Waals surface area contributed by atoms with Gasteiger partial charge in [0.25, 0.3) is 5.56 Å². The first-order chi connectivity index (χ1) is 8.47. The number of hydrogen-bond acceptors (Lipinski definition) is 2. The third-order valence-electron chi connectivity index (χ3n) is 2.71. The molecule has 0 aliphatic heterocycles. The number of rotatable bonds is 2. The van der Waals surface area contributed by atoms with E-state index in [1.807, 2.05) is 6.07 Å². The fourth-order valence-corrected chi connectivity index (χ4v) is 1.96. The number of aryl methyl sites for hydroxylation is 1. The summed E-state index contributed by atoms with van der Waals surface area (Å²) >= 11 is 11.8. The normalized spacial score (nSPS) is 10.6. The van der Waals surface area contributed by atoms with Crippen LogP contribution in [0.4, 0.5) is 5.69 Å². The van der Waals surface area contributed by atoms with E-state index < -0.39 is 0 Å². The van der Waals surface area contributed by atoms with Gasteiger partial charge in [-0.3, -0.25) is 4.79 Å². The molecule has 2 aromatic rings. The summed E-state index contributed by atoms with van der Waals surface area (Å²) in [5.74, 6) is 0. The highest BCUT2D eigenvalue weighted by molar-refractivity contribution is 6.42. The molecule has 0 spiro atoms. The molecule has 0 unspecified atom stereocenters. The number of nitrogens with two attached hydrogens (primary N) is 1. The van der Waals surface area contributed by atoms with Crippen molar-refractivity contribution in [3.63, 3.8) is 0 Å². The van der Waals surface area contributed by atoms with Crippen LogP contribution in [-0.2, 0) is 6.54 Å². The van der Waals surface area contributed by atoms with E-state index >= 15 is 0 Å². The van der Waals surface area contributed by atoms with Crippen LogP contribution in [0.3, 0.4) is 0 Å². The first-order valence-corrected chi connectivity index (χ1v) is 6.13. The van der Waals surface area contributed by atoms with Crippen molar-refractivity contribution in [2.45, 2.75) is 13.5 Å². The zero-order chi connectivity index (χ0) is 13.3. The number of benzene rings is 1. The van der Waals surface area contributed by atoms with E-state index in [1.54, 1.807) is 29.8 Å². The maximum atomic E-state index is 11.8. The van der Waals surface area contributed by atoms with E-state index in [9.17, 15) is 4.79 Å². The zero-order valence-electron chi connectivity index (χ0n) is 9.78. The third kappa shape index (κ3) is 2.68. The van der Waals surface area contributed by atoms with Gasteiger partial charge in [-0.15, -0.1) is 0 Å². The Kier molecular flexibility index (Phi) is 3.64. The number of nitrogen functional groups attached to an aromatic ring is 1. The molecule has 0 atom stereocenters. The van der Waals surface area contributed by atoms with Gasteiger partial charge in [0, 0.05) is 12.3 Å². The summed E-state index contributed by atoms with van der Waals surface area (Å²) in [6.07, 6.45) is 1.64. The second-order valence-electron chi connectivity index (χ2n) is 4.13. The molecule has 2 N–H and O–H groups in total. The van der Waals surface area contributed by atoms with Gasteiger partial charge in [-0.1, -0.05) is 29.3 Å². The fourth-order valence-electron chi connectivity index (χ4n) is 1.64. The summed E-state index contributed by atoms with van der Waals surface area (Å²) in [5, 5.41) is 0.971.